The lowest BCUT2D eigenvalue weighted by molar-refractivity contribution is 1.50. The van der Waals surface area contributed by atoms with E-state index in [0.29, 0.717) is 5.04 Å². The normalized spacial score (nSPS) is 9.80. The van der Waals surface area contributed by atoms with E-state index in [2.05, 4.69) is 0 Å². The van der Waals surface area contributed by atoms with Crippen LogP contribution in [-0.4, -0.2) is 11.3 Å². The molecular formula is C7H9NS2. The molecule has 0 spiro atoms. The van der Waals surface area contributed by atoms with Crippen LogP contribution in [0.25, 0.3) is 0 Å². The zero-order valence-electron chi connectivity index (χ0n) is 5.97. The summed E-state index contributed by atoms with van der Waals surface area (Å²) in [6.45, 7) is 2.04. The average Bonchev–Trinajstić information content (AvgIpc) is 2.34. The maximum absolute atomic E-state index is 7.51. The molecule has 0 saturated carbocycles. The van der Waals surface area contributed by atoms with Crippen LogP contribution in [0.3, 0.4) is 0 Å². The highest BCUT2D eigenvalue weighted by molar-refractivity contribution is 8.14. The Hall–Kier alpha value is -0.280. The molecule has 1 N–H and O–H groups in total. The fourth-order valence-electron chi connectivity index (χ4n) is 0.698. The molecule has 1 aromatic rings. The summed E-state index contributed by atoms with van der Waals surface area (Å²) in [6.07, 6.45) is 1.93. The van der Waals surface area contributed by atoms with Gasteiger partial charge in [0.1, 0.15) is 5.04 Å². The molecule has 0 unspecified atom stereocenters. The van der Waals surface area contributed by atoms with Crippen LogP contribution in [-0.2, 0) is 0 Å². The molecule has 10 heavy (non-hydrogen) atoms. The van der Waals surface area contributed by atoms with Gasteiger partial charge in [0, 0.05) is 0 Å². The second-order valence-corrected chi connectivity index (χ2v) is 3.70. The zero-order valence-corrected chi connectivity index (χ0v) is 7.60. The molecule has 0 aromatic carbocycles. The summed E-state index contributed by atoms with van der Waals surface area (Å²) < 4.78 is 0. The third-order valence-corrected chi connectivity index (χ3v) is 3.05. The Labute approximate surface area is 69.0 Å². The van der Waals surface area contributed by atoms with Gasteiger partial charge in [-0.2, -0.15) is 0 Å². The Kier molecular flexibility index (Phi) is 2.51. The van der Waals surface area contributed by atoms with Crippen molar-refractivity contribution in [2.24, 2.45) is 0 Å². The number of rotatable bonds is 1. The second kappa shape index (κ2) is 3.21. The van der Waals surface area contributed by atoms with E-state index < -0.39 is 0 Å². The molecule has 1 rings (SSSR count). The molecule has 3 heteroatoms. The first kappa shape index (κ1) is 7.82. The van der Waals surface area contributed by atoms with Crippen molar-refractivity contribution in [3.63, 3.8) is 0 Å². The summed E-state index contributed by atoms with van der Waals surface area (Å²) in [5, 5.41) is 10.2. The minimum absolute atomic E-state index is 0.674. The van der Waals surface area contributed by atoms with Gasteiger partial charge in [0.25, 0.3) is 0 Å². The maximum atomic E-state index is 7.51. The van der Waals surface area contributed by atoms with Crippen molar-refractivity contribution in [3.8, 4) is 0 Å². The summed E-state index contributed by atoms with van der Waals surface area (Å²) in [7, 11) is 0. The number of hydrogen-bond acceptors (Lipinski definition) is 3. The van der Waals surface area contributed by atoms with Crippen LogP contribution in [0.2, 0.25) is 0 Å². The van der Waals surface area contributed by atoms with E-state index in [1.54, 1.807) is 11.3 Å². The summed E-state index contributed by atoms with van der Waals surface area (Å²) >= 11 is 3.13. The molecule has 1 heterocycles. The van der Waals surface area contributed by atoms with E-state index >= 15 is 0 Å². The minimum atomic E-state index is 0.674. The second-order valence-electron chi connectivity index (χ2n) is 1.97. The van der Waals surface area contributed by atoms with Gasteiger partial charge in [-0.3, -0.25) is 5.41 Å². The molecule has 54 valence electrons. The Morgan fingerprint density at radius 3 is 2.80 bits per heavy atom. The van der Waals surface area contributed by atoms with Crippen molar-refractivity contribution in [3.05, 3.63) is 21.9 Å². The Bertz CT molecular complexity index is 240. The van der Waals surface area contributed by atoms with Crippen molar-refractivity contribution < 1.29 is 0 Å². The smallest absolute Gasteiger partial charge is 0.104 e. The SMILES string of the molecule is CSC(=N)c1sccc1C. The zero-order chi connectivity index (χ0) is 7.56. The molecule has 0 radical (unpaired) electrons. The van der Waals surface area contributed by atoms with E-state index in [-0.39, 0.29) is 0 Å². The van der Waals surface area contributed by atoms with Crippen LogP contribution < -0.4 is 0 Å². The van der Waals surface area contributed by atoms with Gasteiger partial charge in [-0.05, 0) is 30.2 Å². The number of nitrogens with one attached hydrogen (secondary N) is 1. The van der Waals surface area contributed by atoms with Gasteiger partial charge < -0.3 is 0 Å². The third kappa shape index (κ3) is 1.41. The molecule has 0 fully saturated rings. The molecule has 0 aliphatic carbocycles. The molecule has 1 nitrogen and oxygen atoms in total. The Morgan fingerprint density at radius 1 is 1.70 bits per heavy atom. The highest BCUT2D eigenvalue weighted by atomic mass is 32.2. The lowest BCUT2D eigenvalue weighted by atomic mass is 10.3. The van der Waals surface area contributed by atoms with Gasteiger partial charge >= 0.3 is 0 Å². The molecule has 0 aliphatic rings. The predicted molar refractivity (Wildman–Crippen MR) is 49.4 cm³/mol. The van der Waals surface area contributed by atoms with Gasteiger partial charge in [0.2, 0.25) is 0 Å². The van der Waals surface area contributed by atoms with E-state index in [4.69, 9.17) is 5.41 Å². The van der Waals surface area contributed by atoms with E-state index in [0.717, 1.165) is 4.88 Å². The van der Waals surface area contributed by atoms with Crippen molar-refractivity contribution in [1.82, 2.24) is 0 Å². The quantitative estimate of drug-likeness (QED) is 0.510. The average molecular weight is 171 g/mol. The number of aryl methyl sites for hydroxylation is 1. The molecule has 0 atom stereocenters. The van der Waals surface area contributed by atoms with Crippen LogP contribution in [0.1, 0.15) is 10.4 Å². The lowest BCUT2D eigenvalue weighted by Crippen LogP contribution is -1.88. The van der Waals surface area contributed by atoms with E-state index in [9.17, 15) is 0 Å². The fraction of sp³-hybridized carbons (Fsp3) is 0.286. The minimum Gasteiger partial charge on any atom is -0.293 e. The van der Waals surface area contributed by atoms with E-state index in [1.165, 1.54) is 17.3 Å². The lowest BCUT2D eigenvalue weighted by Gasteiger charge is -1.95. The summed E-state index contributed by atoms with van der Waals surface area (Å²) in [5.74, 6) is 0. The van der Waals surface area contributed by atoms with E-state index in [1.807, 2.05) is 24.6 Å². The van der Waals surface area contributed by atoms with Crippen molar-refractivity contribution in [1.29, 1.82) is 5.41 Å². The van der Waals surface area contributed by atoms with Crippen LogP contribution in [0.5, 0.6) is 0 Å². The molecule has 0 saturated heterocycles. The van der Waals surface area contributed by atoms with Crippen LogP contribution in [0, 0.1) is 12.3 Å². The highest BCUT2D eigenvalue weighted by Gasteiger charge is 2.03. The Balaban J connectivity index is 2.93. The first-order valence-corrected chi connectivity index (χ1v) is 5.03. The van der Waals surface area contributed by atoms with Crippen molar-refractivity contribution >= 4 is 28.1 Å². The molecular weight excluding hydrogens is 162 g/mol. The number of hydrogen-bond donors (Lipinski definition) is 1. The largest absolute Gasteiger partial charge is 0.293 e. The Morgan fingerprint density at radius 2 is 2.40 bits per heavy atom. The van der Waals surface area contributed by atoms with Crippen LogP contribution in [0.15, 0.2) is 11.4 Å². The van der Waals surface area contributed by atoms with Gasteiger partial charge in [-0.1, -0.05) is 0 Å². The summed E-state index contributed by atoms with van der Waals surface area (Å²) in [6, 6.07) is 2.05. The standard InChI is InChI=1S/C7H9NS2/c1-5-3-4-10-6(5)7(8)9-2/h3-4,8H,1-2H3. The third-order valence-electron chi connectivity index (χ3n) is 1.27. The number of thiophene rings is 1. The van der Waals surface area contributed by atoms with Crippen LogP contribution >= 0.6 is 23.1 Å². The van der Waals surface area contributed by atoms with Crippen molar-refractivity contribution in [2.45, 2.75) is 6.92 Å². The highest BCUT2D eigenvalue weighted by Crippen LogP contribution is 2.19. The first-order chi connectivity index (χ1) is 4.75. The van der Waals surface area contributed by atoms with Gasteiger partial charge in [-0.25, -0.2) is 0 Å². The maximum Gasteiger partial charge on any atom is 0.104 e. The monoisotopic (exact) mass is 171 g/mol. The molecule has 1 aromatic heterocycles. The van der Waals surface area contributed by atoms with Crippen molar-refractivity contribution in [2.75, 3.05) is 6.26 Å². The first-order valence-electron chi connectivity index (χ1n) is 2.92. The fourth-order valence-corrected chi connectivity index (χ4v) is 2.21. The summed E-state index contributed by atoms with van der Waals surface area (Å²) in [5.41, 5.74) is 1.21. The van der Waals surface area contributed by atoms with Crippen LogP contribution in [0.4, 0.5) is 0 Å². The molecule has 0 amide bonds. The van der Waals surface area contributed by atoms with Gasteiger partial charge in [0.15, 0.2) is 0 Å². The van der Waals surface area contributed by atoms with Gasteiger partial charge in [-0.15, -0.1) is 23.1 Å². The number of thioether (sulfide) groups is 1. The molecule has 0 bridgehead atoms. The summed E-state index contributed by atoms with van der Waals surface area (Å²) in [4.78, 5) is 1.10. The topological polar surface area (TPSA) is 23.9 Å². The molecule has 0 aliphatic heterocycles. The van der Waals surface area contributed by atoms with Gasteiger partial charge in [0.05, 0.1) is 4.88 Å². The predicted octanol–water partition coefficient (Wildman–Crippen LogP) is 2.74.